The highest BCUT2D eigenvalue weighted by atomic mass is 16.5. The van der Waals surface area contributed by atoms with Crippen LogP contribution in [0.25, 0.3) is 5.69 Å². The van der Waals surface area contributed by atoms with Gasteiger partial charge in [-0.2, -0.15) is 0 Å². The molecule has 1 saturated carbocycles. The Labute approximate surface area is 158 Å². The molecule has 3 aliphatic rings. The van der Waals surface area contributed by atoms with Gasteiger partial charge in [-0.05, 0) is 37.8 Å². The first kappa shape index (κ1) is 16.9. The first-order valence-electron chi connectivity index (χ1n) is 9.77. The summed E-state index contributed by atoms with van der Waals surface area (Å²) in [6.45, 7) is 2.97. The van der Waals surface area contributed by atoms with Crippen LogP contribution in [0.15, 0.2) is 30.3 Å². The lowest BCUT2D eigenvalue weighted by molar-refractivity contribution is -0.160. The molecule has 1 aliphatic carbocycles. The van der Waals surface area contributed by atoms with Crippen LogP contribution in [-0.2, 0) is 9.47 Å². The van der Waals surface area contributed by atoms with E-state index in [1.54, 1.807) is 0 Å². The third kappa shape index (κ3) is 3.26. The molecule has 0 radical (unpaired) electrons. The van der Waals surface area contributed by atoms with Crippen molar-refractivity contribution in [1.82, 2.24) is 19.7 Å². The molecular weight excluding hydrogens is 344 g/mol. The number of aromatic nitrogens is 3. The van der Waals surface area contributed by atoms with Crippen LogP contribution in [-0.4, -0.2) is 64.1 Å². The van der Waals surface area contributed by atoms with E-state index < -0.39 is 0 Å². The van der Waals surface area contributed by atoms with Crippen molar-refractivity contribution in [2.24, 2.45) is 0 Å². The predicted molar refractivity (Wildman–Crippen MR) is 98.0 cm³/mol. The van der Waals surface area contributed by atoms with E-state index in [0.29, 0.717) is 32.2 Å². The highest BCUT2D eigenvalue weighted by Crippen LogP contribution is 2.40. The molecule has 2 saturated heterocycles. The van der Waals surface area contributed by atoms with Gasteiger partial charge in [-0.15, -0.1) is 5.10 Å². The zero-order valence-corrected chi connectivity index (χ0v) is 15.3. The number of amides is 1. The van der Waals surface area contributed by atoms with Crippen molar-refractivity contribution in [2.75, 3.05) is 32.9 Å². The summed E-state index contributed by atoms with van der Waals surface area (Å²) >= 11 is 0. The molecule has 1 atom stereocenters. The standard InChI is InChI=1S/C20H24N4O3/c25-19(23-10-12-27-20(13-23)9-4-11-26-14-20)17-21-18(15-7-8-15)24(22-17)16-5-2-1-3-6-16/h1-3,5-6,15H,4,7-14H2. The van der Waals surface area contributed by atoms with Gasteiger partial charge in [0.15, 0.2) is 0 Å². The van der Waals surface area contributed by atoms with E-state index in [1.165, 1.54) is 0 Å². The Morgan fingerprint density at radius 2 is 2.04 bits per heavy atom. The number of morpholine rings is 1. The number of nitrogens with zero attached hydrogens (tertiary/aromatic N) is 4. The van der Waals surface area contributed by atoms with Gasteiger partial charge < -0.3 is 14.4 Å². The van der Waals surface area contributed by atoms with Crippen LogP contribution in [0.3, 0.4) is 0 Å². The van der Waals surface area contributed by atoms with Crippen LogP contribution in [0.2, 0.25) is 0 Å². The van der Waals surface area contributed by atoms with Crippen molar-refractivity contribution in [3.05, 3.63) is 42.0 Å². The zero-order valence-electron chi connectivity index (χ0n) is 15.3. The lowest BCUT2D eigenvalue weighted by Gasteiger charge is -2.44. The molecule has 142 valence electrons. The molecule has 1 amide bonds. The van der Waals surface area contributed by atoms with Gasteiger partial charge in [0.25, 0.3) is 5.91 Å². The molecule has 0 bridgehead atoms. The van der Waals surface area contributed by atoms with E-state index in [2.05, 4.69) is 10.1 Å². The monoisotopic (exact) mass is 368 g/mol. The molecular formula is C20H24N4O3. The Morgan fingerprint density at radius 1 is 1.19 bits per heavy atom. The van der Waals surface area contributed by atoms with Crippen LogP contribution < -0.4 is 0 Å². The molecule has 1 unspecified atom stereocenters. The fourth-order valence-electron chi connectivity index (χ4n) is 4.00. The van der Waals surface area contributed by atoms with Gasteiger partial charge in [0.1, 0.15) is 11.4 Å². The van der Waals surface area contributed by atoms with E-state index in [0.717, 1.165) is 43.8 Å². The highest BCUT2D eigenvalue weighted by Gasteiger charge is 2.41. The number of hydrogen-bond donors (Lipinski definition) is 0. The van der Waals surface area contributed by atoms with Crippen molar-refractivity contribution in [3.8, 4) is 5.69 Å². The minimum atomic E-state index is -0.368. The average molecular weight is 368 g/mol. The van der Waals surface area contributed by atoms with Crippen molar-refractivity contribution >= 4 is 5.91 Å². The molecule has 7 heteroatoms. The van der Waals surface area contributed by atoms with Crippen LogP contribution in [0.5, 0.6) is 0 Å². The SMILES string of the molecule is O=C(c1nc(C2CC2)n(-c2ccccc2)n1)N1CCOC2(CCCOC2)C1. The molecule has 3 fully saturated rings. The fraction of sp³-hybridized carbons (Fsp3) is 0.550. The highest BCUT2D eigenvalue weighted by molar-refractivity contribution is 5.90. The van der Waals surface area contributed by atoms with Gasteiger partial charge >= 0.3 is 0 Å². The molecule has 27 heavy (non-hydrogen) atoms. The van der Waals surface area contributed by atoms with E-state index in [9.17, 15) is 4.79 Å². The summed E-state index contributed by atoms with van der Waals surface area (Å²) in [5.74, 6) is 1.48. The molecule has 2 aromatic rings. The minimum absolute atomic E-state index is 0.111. The van der Waals surface area contributed by atoms with Crippen LogP contribution >= 0.6 is 0 Å². The number of hydrogen-bond acceptors (Lipinski definition) is 5. The molecule has 1 spiro atoms. The molecule has 2 aliphatic heterocycles. The number of rotatable bonds is 3. The molecule has 3 heterocycles. The van der Waals surface area contributed by atoms with E-state index in [1.807, 2.05) is 39.9 Å². The van der Waals surface area contributed by atoms with E-state index >= 15 is 0 Å². The number of para-hydroxylation sites is 1. The Kier molecular flexibility index (Phi) is 4.21. The van der Waals surface area contributed by atoms with Gasteiger partial charge in [-0.1, -0.05) is 18.2 Å². The first-order chi connectivity index (χ1) is 13.2. The Bertz CT molecular complexity index is 819. The number of carbonyl (C=O) groups is 1. The summed E-state index contributed by atoms with van der Waals surface area (Å²) in [5.41, 5.74) is 0.582. The zero-order chi connectivity index (χ0) is 18.3. The Hall–Kier alpha value is -2.25. The average Bonchev–Trinajstić information content (AvgIpc) is 3.47. The van der Waals surface area contributed by atoms with Crippen LogP contribution in [0.1, 0.15) is 48.0 Å². The lowest BCUT2D eigenvalue weighted by Crippen LogP contribution is -2.57. The largest absolute Gasteiger partial charge is 0.378 e. The Balaban J connectivity index is 1.42. The topological polar surface area (TPSA) is 69.5 Å². The normalized spacial score (nSPS) is 25.7. The third-order valence-electron chi connectivity index (χ3n) is 5.59. The van der Waals surface area contributed by atoms with E-state index in [4.69, 9.17) is 9.47 Å². The van der Waals surface area contributed by atoms with Crippen molar-refractivity contribution in [2.45, 2.75) is 37.2 Å². The second-order valence-corrected chi connectivity index (χ2v) is 7.73. The van der Waals surface area contributed by atoms with Crippen LogP contribution in [0.4, 0.5) is 0 Å². The molecule has 1 aromatic heterocycles. The maximum Gasteiger partial charge on any atom is 0.293 e. The summed E-state index contributed by atoms with van der Waals surface area (Å²) in [6.07, 6.45) is 4.11. The van der Waals surface area contributed by atoms with Gasteiger partial charge in [0.05, 0.1) is 25.4 Å². The lowest BCUT2D eigenvalue weighted by atomic mass is 9.94. The number of benzene rings is 1. The minimum Gasteiger partial charge on any atom is -0.378 e. The quantitative estimate of drug-likeness (QED) is 0.830. The number of carbonyl (C=O) groups excluding carboxylic acids is 1. The summed E-state index contributed by atoms with van der Waals surface area (Å²) < 4.78 is 13.5. The summed E-state index contributed by atoms with van der Waals surface area (Å²) in [4.78, 5) is 19.6. The first-order valence-corrected chi connectivity index (χ1v) is 9.77. The molecule has 1 aromatic carbocycles. The third-order valence-corrected chi connectivity index (χ3v) is 5.59. The van der Waals surface area contributed by atoms with Gasteiger partial charge in [0.2, 0.25) is 5.82 Å². The molecule has 5 rings (SSSR count). The molecule has 7 nitrogen and oxygen atoms in total. The number of ether oxygens (including phenoxy) is 2. The Morgan fingerprint density at radius 3 is 2.78 bits per heavy atom. The summed E-state index contributed by atoms with van der Waals surface area (Å²) in [7, 11) is 0. The van der Waals surface area contributed by atoms with Crippen molar-refractivity contribution in [3.63, 3.8) is 0 Å². The second kappa shape index (κ2) is 6.73. The van der Waals surface area contributed by atoms with Gasteiger partial charge in [-0.25, -0.2) is 9.67 Å². The summed E-state index contributed by atoms with van der Waals surface area (Å²) in [5, 5.41) is 4.59. The summed E-state index contributed by atoms with van der Waals surface area (Å²) in [6, 6.07) is 9.92. The second-order valence-electron chi connectivity index (χ2n) is 7.73. The van der Waals surface area contributed by atoms with Crippen LogP contribution in [0, 0.1) is 0 Å². The van der Waals surface area contributed by atoms with Gasteiger partial charge in [0, 0.05) is 19.1 Å². The molecule has 0 N–H and O–H groups in total. The smallest absolute Gasteiger partial charge is 0.293 e. The van der Waals surface area contributed by atoms with Crippen molar-refractivity contribution in [1.29, 1.82) is 0 Å². The van der Waals surface area contributed by atoms with Crippen molar-refractivity contribution < 1.29 is 14.3 Å². The maximum absolute atomic E-state index is 13.2. The maximum atomic E-state index is 13.2. The predicted octanol–water partition coefficient (Wildman–Crippen LogP) is 2.17. The fourth-order valence-corrected chi connectivity index (χ4v) is 4.00. The van der Waals surface area contributed by atoms with E-state index in [-0.39, 0.29) is 17.3 Å². The van der Waals surface area contributed by atoms with Gasteiger partial charge in [-0.3, -0.25) is 4.79 Å².